The van der Waals surface area contributed by atoms with Gasteiger partial charge < -0.3 is 15.2 Å². The lowest BCUT2D eigenvalue weighted by Gasteiger charge is -2.37. The standard InChI is InChI=1S/C9H11NO3S.ClH/c1-13-8(11)6-2-14-3-7(6)9(12)4-10-5-9;/h2-3,10,12H,4-5H2,1H3;1H. The number of hydrogen-bond donors (Lipinski definition) is 2. The molecule has 6 heteroatoms. The van der Waals surface area contributed by atoms with Gasteiger partial charge in [-0.3, -0.25) is 0 Å². The molecule has 4 nitrogen and oxygen atoms in total. The predicted octanol–water partition coefficient (Wildman–Crippen LogP) is 0.747. The minimum absolute atomic E-state index is 0. The molecule has 0 saturated carbocycles. The zero-order chi connectivity index (χ0) is 10.2. The number of ether oxygens (including phenoxy) is 1. The summed E-state index contributed by atoms with van der Waals surface area (Å²) in [7, 11) is 1.34. The number of esters is 1. The predicted molar refractivity (Wildman–Crippen MR) is 59.7 cm³/mol. The van der Waals surface area contributed by atoms with Gasteiger partial charge in [-0.25, -0.2) is 4.79 Å². The Kier molecular flexibility index (Phi) is 3.72. The van der Waals surface area contributed by atoms with Crippen LogP contribution in [-0.2, 0) is 10.3 Å². The Hall–Kier alpha value is -0.620. The molecule has 2 N–H and O–H groups in total. The van der Waals surface area contributed by atoms with E-state index in [-0.39, 0.29) is 18.4 Å². The van der Waals surface area contributed by atoms with Crippen molar-refractivity contribution >= 4 is 29.7 Å². The van der Waals surface area contributed by atoms with E-state index in [1.54, 1.807) is 10.8 Å². The molecule has 0 atom stereocenters. The third-order valence-corrected chi connectivity index (χ3v) is 3.15. The van der Waals surface area contributed by atoms with E-state index in [0.29, 0.717) is 24.2 Å². The summed E-state index contributed by atoms with van der Waals surface area (Å²) in [6, 6.07) is 0. The molecule has 1 aliphatic rings. The van der Waals surface area contributed by atoms with Crippen molar-refractivity contribution in [2.24, 2.45) is 0 Å². The van der Waals surface area contributed by atoms with Crippen molar-refractivity contribution in [1.29, 1.82) is 0 Å². The van der Waals surface area contributed by atoms with Gasteiger partial charge in [-0.1, -0.05) is 0 Å². The zero-order valence-electron chi connectivity index (χ0n) is 8.15. The third kappa shape index (κ3) is 2.01. The van der Waals surface area contributed by atoms with E-state index in [2.05, 4.69) is 10.1 Å². The second-order valence-electron chi connectivity index (χ2n) is 3.33. The van der Waals surface area contributed by atoms with E-state index in [0.717, 1.165) is 0 Å². The van der Waals surface area contributed by atoms with Gasteiger partial charge in [0.15, 0.2) is 0 Å². The van der Waals surface area contributed by atoms with Crippen LogP contribution in [0.4, 0.5) is 0 Å². The molecule has 15 heavy (non-hydrogen) atoms. The molecule has 1 aliphatic heterocycles. The maximum atomic E-state index is 11.3. The van der Waals surface area contributed by atoms with Gasteiger partial charge in [0, 0.05) is 24.0 Å². The van der Waals surface area contributed by atoms with E-state index in [4.69, 9.17) is 0 Å². The van der Waals surface area contributed by atoms with Crippen LogP contribution < -0.4 is 5.32 Å². The molecular formula is C9H12ClNO3S. The van der Waals surface area contributed by atoms with Crippen LogP contribution in [0.1, 0.15) is 15.9 Å². The molecule has 1 aromatic rings. The molecule has 0 radical (unpaired) electrons. The second-order valence-corrected chi connectivity index (χ2v) is 4.07. The summed E-state index contributed by atoms with van der Waals surface area (Å²) in [5.74, 6) is -0.387. The summed E-state index contributed by atoms with van der Waals surface area (Å²) < 4.78 is 4.64. The van der Waals surface area contributed by atoms with Crippen LogP contribution in [-0.4, -0.2) is 31.3 Å². The number of rotatable bonds is 2. The van der Waals surface area contributed by atoms with Crippen LogP contribution >= 0.6 is 23.7 Å². The largest absolute Gasteiger partial charge is 0.465 e. The second kappa shape index (κ2) is 4.49. The van der Waals surface area contributed by atoms with Crippen LogP contribution in [0.3, 0.4) is 0 Å². The Morgan fingerprint density at radius 1 is 1.60 bits per heavy atom. The van der Waals surface area contributed by atoms with Gasteiger partial charge in [0.2, 0.25) is 0 Å². The Labute approximate surface area is 97.7 Å². The molecule has 0 unspecified atom stereocenters. The average molecular weight is 250 g/mol. The first-order valence-electron chi connectivity index (χ1n) is 4.25. The van der Waals surface area contributed by atoms with E-state index in [1.807, 2.05) is 0 Å². The van der Waals surface area contributed by atoms with E-state index in [9.17, 15) is 9.90 Å². The van der Waals surface area contributed by atoms with Crippen LogP contribution in [0.5, 0.6) is 0 Å². The molecule has 0 spiro atoms. The lowest BCUT2D eigenvalue weighted by Crippen LogP contribution is -2.57. The highest BCUT2D eigenvalue weighted by molar-refractivity contribution is 7.08. The number of nitrogens with one attached hydrogen (secondary N) is 1. The van der Waals surface area contributed by atoms with Crippen molar-refractivity contribution < 1.29 is 14.6 Å². The molecule has 0 aromatic carbocycles. The number of carbonyl (C=O) groups excluding carboxylic acids is 1. The minimum Gasteiger partial charge on any atom is -0.465 e. The number of halogens is 1. The molecule has 1 fully saturated rings. The van der Waals surface area contributed by atoms with Crippen molar-refractivity contribution in [3.63, 3.8) is 0 Å². The van der Waals surface area contributed by atoms with E-state index in [1.165, 1.54) is 18.4 Å². The Balaban J connectivity index is 0.00000112. The zero-order valence-corrected chi connectivity index (χ0v) is 9.78. The summed E-state index contributed by atoms with van der Waals surface area (Å²) in [5.41, 5.74) is 0.262. The normalized spacial score (nSPS) is 17.5. The van der Waals surface area contributed by atoms with Crippen LogP contribution in [0, 0.1) is 0 Å². The van der Waals surface area contributed by atoms with E-state index >= 15 is 0 Å². The summed E-state index contributed by atoms with van der Waals surface area (Å²) in [6.07, 6.45) is 0. The molecule has 2 rings (SSSR count). The number of carbonyl (C=O) groups is 1. The van der Waals surface area contributed by atoms with Crippen molar-refractivity contribution in [1.82, 2.24) is 5.32 Å². The van der Waals surface area contributed by atoms with E-state index < -0.39 is 5.60 Å². The summed E-state index contributed by atoms with van der Waals surface area (Å²) in [4.78, 5) is 11.3. The Bertz CT molecular complexity index is 362. The highest BCUT2D eigenvalue weighted by atomic mass is 35.5. The smallest absolute Gasteiger partial charge is 0.339 e. The van der Waals surface area contributed by atoms with Gasteiger partial charge in [0.25, 0.3) is 0 Å². The minimum atomic E-state index is -0.885. The van der Waals surface area contributed by atoms with Crippen molar-refractivity contribution in [3.8, 4) is 0 Å². The van der Waals surface area contributed by atoms with Crippen molar-refractivity contribution in [2.75, 3.05) is 20.2 Å². The lowest BCUT2D eigenvalue weighted by molar-refractivity contribution is -0.0155. The number of β-amino-alcohol motifs (C(OH)–C–C–N with tert-alkyl or cyclic N) is 1. The number of thiophene rings is 1. The quantitative estimate of drug-likeness (QED) is 0.760. The fourth-order valence-electron chi connectivity index (χ4n) is 1.48. The fourth-order valence-corrected chi connectivity index (χ4v) is 2.39. The molecule has 84 valence electrons. The Morgan fingerprint density at radius 3 is 2.73 bits per heavy atom. The van der Waals surface area contributed by atoms with Crippen LogP contribution in [0.15, 0.2) is 10.8 Å². The van der Waals surface area contributed by atoms with Gasteiger partial charge in [0.1, 0.15) is 5.60 Å². The maximum absolute atomic E-state index is 11.3. The molecule has 0 aliphatic carbocycles. The highest BCUT2D eigenvalue weighted by Crippen LogP contribution is 2.31. The number of methoxy groups -OCH3 is 1. The van der Waals surface area contributed by atoms with Gasteiger partial charge in [-0.15, -0.1) is 12.4 Å². The molecule has 1 saturated heterocycles. The first-order chi connectivity index (χ1) is 6.67. The number of aliphatic hydroxyl groups is 1. The van der Waals surface area contributed by atoms with Gasteiger partial charge in [-0.05, 0) is 5.38 Å². The first-order valence-corrected chi connectivity index (χ1v) is 5.20. The maximum Gasteiger partial charge on any atom is 0.339 e. The van der Waals surface area contributed by atoms with Crippen LogP contribution in [0.25, 0.3) is 0 Å². The summed E-state index contributed by atoms with van der Waals surface area (Å²) in [5, 5.41) is 16.5. The monoisotopic (exact) mass is 249 g/mol. The fraction of sp³-hybridized carbons (Fsp3) is 0.444. The summed E-state index contributed by atoms with van der Waals surface area (Å²) >= 11 is 1.40. The third-order valence-electron chi connectivity index (χ3n) is 2.40. The SMILES string of the molecule is COC(=O)c1cscc1C1(O)CNC1.Cl. The van der Waals surface area contributed by atoms with Crippen molar-refractivity contribution in [2.45, 2.75) is 5.60 Å². The molecule has 1 aromatic heterocycles. The lowest BCUT2D eigenvalue weighted by atomic mass is 9.88. The average Bonchev–Trinajstić information content (AvgIpc) is 2.61. The van der Waals surface area contributed by atoms with Crippen molar-refractivity contribution in [3.05, 3.63) is 21.9 Å². The Morgan fingerprint density at radius 2 is 2.27 bits per heavy atom. The first kappa shape index (κ1) is 12.4. The molecule has 0 bridgehead atoms. The van der Waals surface area contributed by atoms with Gasteiger partial charge >= 0.3 is 5.97 Å². The van der Waals surface area contributed by atoms with Gasteiger partial charge in [0.05, 0.1) is 12.7 Å². The molecule has 2 heterocycles. The highest BCUT2D eigenvalue weighted by Gasteiger charge is 2.39. The summed E-state index contributed by atoms with van der Waals surface area (Å²) in [6.45, 7) is 0.988. The topological polar surface area (TPSA) is 58.6 Å². The van der Waals surface area contributed by atoms with Gasteiger partial charge in [-0.2, -0.15) is 11.3 Å². The molecular weight excluding hydrogens is 238 g/mol. The number of hydrogen-bond acceptors (Lipinski definition) is 5. The van der Waals surface area contributed by atoms with Crippen LogP contribution in [0.2, 0.25) is 0 Å². The molecule has 0 amide bonds.